The molecule has 0 aliphatic heterocycles. The first-order valence-corrected chi connectivity index (χ1v) is 8.31. The van der Waals surface area contributed by atoms with E-state index in [4.69, 9.17) is 0 Å². The summed E-state index contributed by atoms with van der Waals surface area (Å²) >= 11 is 1.55. The Morgan fingerprint density at radius 1 is 1.25 bits per heavy atom. The molecule has 0 fully saturated rings. The number of carbonyl (C=O) groups excluding carboxylic acids is 1. The van der Waals surface area contributed by atoms with Crippen LogP contribution in [-0.2, 0) is 17.8 Å². The molecule has 122 valence electrons. The fourth-order valence-electron chi connectivity index (χ4n) is 2.23. The number of nitrogens with zero attached hydrogens (tertiary/aromatic N) is 2. The van der Waals surface area contributed by atoms with Crippen LogP contribution < -0.4 is 5.32 Å². The van der Waals surface area contributed by atoms with Gasteiger partial charge in [-0.2, -0.15) is 0 Å². The molecule has 6 heteroatoms. The number of aromatic nitrogens is 2. The summed E-state index contributed by atoms with van der Waals surface area (Å²) in [5, 5.41) is 3.78. The predicted molar refractivity (Wildman–Crippen MR) is 92.0 cm³/mol. The summed E-state index contributed by atoms with van der Waals surface area (Å²) < 4.78 is 12.9. The van der Waals surface area contributed by atoms with Gasteiger partial charge in [-0.1, -0.05) is 12.1 Å². The molecule has 1 aromatic carbocycles. The maximum atomic E-state index is 12.9. The number of aryl methyl sites for hydroxylation is 1. The van der Waals surface area contributed by atoms with Gasteiger partial charge in [0.2, 0.25) is 5.91 Å². The summed E-state index contributed by atoms with van der Waals surface area (Å²) in [5.74, 6) is -0.403. The first-order valence-electron chi connectivity index (χ1n) is 7.49. The fourth-order valence-corrected chi connectivity index (χ4v) is 3.23. The van der Waals surface area contributed by atoms with Crippen molar-refractivity contribution in [3.8, 4) is 10.6 Å². The maximum absolute atomic E-state index is 12.9. The summed E-state index contributed by atoms with van der Waals surface area (Å²) in [6.45, 7) is 2.36. The molecule has 3 rings (SSSR count). The number of hydrogen-bond donors (Lipinski definition) is 1. The van der Waals surface area contributed by atoms with Crippen LogP contribution in [0.15, 0.2) is 48.8 Å². The lowest BCUT2D eigenvalue weighted by molar-refractivity contribution is -0.120. The summed E-state index contributed by atoms with van der Waals surface area (Å²) in [6.07, 6.45) is 3.73. The standard InChI is InChI=1S/C18H16FN3OS/c1-12-16(24-18(22-12)14-3-2-8-20-10-14)11-21-17(23)9-13-4-6-15(19)7-5-13/h2-8,10H,9,11H2,1H3,(H,21,23). The van der Waals surface area contributed by atoms with Gasteiger partial charge in [0, 0.05) is 22.8 Å². The molecule has 3 aromatic rings. The third-order valence-electron chi connectivity index (χ3n) is 3.53. The number of pyridine rings is 1. The van der Waals surface area contributed by atoms with Crippen molar-refractivity contribution in [2.45, 2.75) is 19.9 Å². The first-order chi connectivity index (χ1) is 11.6. The predicted octanol–water partition coefficient (Wildman–Crippen LogP) is 3.51. The number of halogens is 1. The van der Waals surface area contributed by atoms with E-state index in [-0.39, 0.29) is 18.1 Å². The minimum Gasteiger partial charge on any atom is -0.351 e. The van der Waals surface area contributed by atoms with Gasteiger partial charge in [-0.15, -0.1) is 11.3 Å². The van der Waals surface area contributed by atoms with E-state index in [0.717, 1.165) is 26.7 Å². The second-order valence-electron chi connectivity index (χ2n) is 5.35. The number of carbonyl (C=O) groups is 1. The summed E-state index contributed by atoms with van der Waals surface area (Å²) in [5.41, 5.74) is 2.65. The van der Waals surface area contributed by atoms with E-state index in [9.17, 15) is 9.18 Å². The van der Waals surface area contributed by atoms with Gasteiger partial charge in [0.15, 0.2) is 0 Å². The van der Waals surface area contributed by atoms with Crippen LogP contribution in [0.3, 0.4) is 0 Å². The molecule has 0 unspecified atom stereocenters. The molecule has 2 heterocycles. The van der Waals surface area contributed by atoms with Gasteiger partial charge in [-0.25, -0.2) is 9.37 Å². The Bertz CT molecular complexity index is 831. The minimum absolute atomic E-state index is 0.0997. The second-order valence-corrected chi connectivity index (χ2v) is 6.43. The SMILES string of the molecule is Cc1nc(-c2cccnc2)sc1CNC(=O)Cc1ccc(F)cc1. The first kappa shape index (κ1) is 16.3. The highest BCUT2D eigenvalue weighted by atomic mass is 32.1. The zero-order valence-electron chi connectivity index (χ0n) is 13.1. The Kier molecular flexibility index (Phi) is 4.96. The quantitative estimate of drug-likeness (QED) is 0.773. The van der Waals surface area contributed by atoms with Crippen molar-refractivity contribution in [3.63, 3.8) is 0 Å². The van der Waals surface area contributed by atoms with E-state index in [2.05, 4.69) is 15.3 Å². The zero-order chi connectivity index (χ0) is 16.9. The summed E-state index contributed by atoms with van der Waals surface area (Å²) in [6, 6.07) is 9.78. The molecule has 24 heavy (non-hydrogen) atoms. The van der Waals surface area contributed by atoms with Gasteiger partial charge in [-0.05, 0) is 36.8 Å². The highest BCUT2D eigenvalue weighted by molar-refractivity contribution is 7.15. The number of hydrogen-bond acceptors (Lipinski definition) is 4. The Balaban J connectivity index is 1.61. The third-order valence-corrected chi connectivity index (χ3v) is 4.73. The number of rotatable bonds is 5. The van der Waals surface area contributed by atoms with Crippen molar-refractivity contribution in [2.75, 3.05) is 0 Å². The van der Waals surface area contributed by atoms with Crippen LogP contribution in [0.25, 0.3) is 10.6 Å². The van der Waals surface area contributed by atoms with Gasteiger partial charge in [0.05, 0.1) is 18.7 Å². The second kappa shape index (κ2) is 7.31. The maximum Gasteiger partial charge on any atom is 0.224 e. The Hall–Kier alpha value is -2.60. The minimum atomic E-state index is -0.303. The topological polar surface area (TPSA) is 54.9 Å². The highest BCUT2D eigenvalue weighted by Gasteiger charge is 2.11. The van der Waals surface area contributed by atoms with E-state index in [1.807, 2.05) is 19.1 Å². The molecular formula is C18H16FN3OS. The molecule has 0 aliphatic rings. The smallest absolute Gasteiger partial charge is 0.224 e. The molecule has 0 saturated carbocycles. The van der Waals surface area contributed by atoms with Gasteiger partial charge in [-0.3, -0.25) is 9.78 Å². The van der Waals surface area contributed by atoms with E-state index in [0.29, 0.717) is 6.54 Å². The molecule has 0 atom stereocenters. The molecule has 1 N–H and O–H groups in total. The molecule has 2 aromatic heterocycles. The van der Waals surface area contributed by atoms with Crippen LogP contribution in [0, 0.1) is 12.7 Å². The van der Waals surface area contributed by atoms with Crippen LogP contribution in [0.4, 0.5) is 4.39 Å². The molecular weight excluding hydrogens is 325 g/mol. The number of nitrogens with one attached hydrogen (secondary N) is 1. The van der Waals surface area contributed by atoms with Crippen molar-refractivity contribution in [1.82, 2.24) is 15.3 Å². The number of thiazole rings is 1. The normalized spacial score (nSPS) is 10.6. The Labute approximate surface area is 143 Å². The van der Waals surface area contributed by atoms with Crippen LogP contribution in [0.1, 0.15) is 16.1 Å². The van der Waals surface area contributed by atoms with E-state index in [1.54, 1.807) is 35.9 Å². The van der Waals surface area contributed by atoms with Crippen LogP contribution >= 0.6 is 11.3 Å². The van der Waals surface area contributed by atoms with Gasteiger partial charge in [0.25, 0.3) is 0 Å². The third kappa shape index (κ3) is 4.02. The molecule has 0 saturated heterocycles. The van der Waals surface area contributed by atoms with E-state index >= 15 is 0 Å². The van der Waals surface area contributed by atoms with Crippen LogP contribution in [0.5, 0.6) is 0 Å². The monoisotopic (exact) mass is 341 g/mol. The average Bonchev–Trinajstić information content (AvgIpc) is 2.97. The van der Waals surface area contributed by atoms with Crippen LogP contribution in [-0.4, -0.2) is 15.9 Å². The Morgan fingerprint density at radius 2 is 2.04 bits per heavy atom. The molecule has 4 nitrogen and oxygen atoms in total. The molecule has 0 radical (unpaired) electrons. The average molecular weight is 341 g/mol. The zero-order valence-corrected chi connectivity index (χ0v) is 13.9. The fraction of sp³-hybridized carbons (Fsp3) is 0.167. The van der Waals surface area contributed by atoms with Crippen molar-refractivity contribution in [1.29, 1.82) is 0 Å². The largest absolute Gasteiger partial charge is 0.351 e. The van der Waals surface area contributed by atoms with Gasteiger partial charge >= 0.3 is 0 Å². The van der Waals surface area contributed by atoms with E-state index in [1.165, 1.54) is 12.1 Å². The molecule has 0 bridgehead atoms. The molecule has 1 amide bonds. The lowest BCUT2D eigenvalue weighted by Gasteiger charge is -2.04. The number of amides is 1. The Morgan fingerprint density at radius 3 is 2.75 bits per heavy atom. The summed E-state index contributed by atoms with van der Waals surface area (Å²) in [7, 11) is 0. The highest BCUT2D eigenvalue weighted by Crippen LogP contribution is 2.27. The molecule has 0 spiro atoms. The lowest BCUT2D eigenvalue weighted by atomic mass is 10.1. The van der Waals surface area contributed by atoms with Crippen molar-refractivity contribution in [2.24, 2.45) is 0 Å². The van der Waals surface area contributed by atoms with Crippen molar-refractivity contribution >= 4 is 17.2 Å². The van der Waals surface area contributed by atoms with Crippen molar-refractivity contribution < 1.29 is 9.18 Å². The van der Waals surface area contributed by atoms with Crippen molar-refractivity contribution in [3.05, 3.63) is 70.7 Å². The van der Waals surface area contributed by atoms with Gasteiger partial charge < -0.3 is 5.32 Å². The summed E-state index contributed by atoms with van der Waals surface area (Å²) in [4.78, 5) is 21.7. The molecule has 0 aliphatic carbocycles. The lowest BCUT2D eigenvalue weighted by Crippen LogP contribution is -2.24. The van der Waals surface area contributed by atoms with Gasteiger partial charge in [0.1, 0.15) is 10.8 Å². The van der Waals surface area contributed by atoms with E-state index < -0.39 is 0 Å². The number of benzene rings is 1. The van der Waals surface area contributed by atoms with Crippen LogP contribution in [0.2, 0.25) is 0 Å².